The lowest BCUT2D eigenvalue weighted by molar-refractivity contribution is 1.03. The van der Waals surface area contributed by atoms with Crippen LogP contribution in [0.25, 0.3) is 39.0 Å². The molecule has 50 heavy (non-hydrogen) atoms. The van der Waals surface area contributed by atoms with E-state index in [1.54, 1.807) is 0 Å². The van der Waals surface area contributed by atoms with E-state index in [0.717, 1.165) is 33.8 Å². The van der Waals surface area contributed by atoms with Gasteiger partial charge in [-0.2, -0.15) is 4.58 Å². The van der Waals surface area contributed by atoms with Gasteiger partial charge < -0.3 is 4.90 Å². The Morgan fingerprint density at radius 1 is 0.560 bits per heavy atom. The Kier molecular flexibility index (Phi) is 8.34. The summed E-state index contributed by atoms with van der Waals surface area (Å²) in [4.78, 5) is 2.25. The van der Waals surface area contributed by atoms with E-state index in [0.29, 0.717) is 0 Å². The van der Waals surface area contributed by atoms with Gasteiger partial charge in [-0.05, 0) is 88.4 Å². The maximum Gasteiger partial charge on any atom is 0.225 e. The molecule has 0 aliphatic carbocycles. The molecule has 2 nitrogen and oxygen atoms in total. The number of benzene rings is 6. The van der Waals surface area contributed by atoms with Gasteiger partial charge in [0.05, 0.1) is 5.69 Å². The first-order valence-electron chi connectivity index (χ1n) is 17.1. The topological polar surface area (TPSA) is 6.25 Å². The molecule has 2 aliphatic heterocycles. The molecule has 0 aromatic heterocycles. The summed E-state index contributed by atoms with van der Waals surface area (Å²) in [6.07, 6.45) is 16.8. The summed E-state index contributed by atoms with van der Waals surface area (Å²) in [5, 5.41) is 0. The Labute approximate surface area is 295 Å². The first kappa shape index (κ1) is 30.8. The van der Waals surface area contributed by atoms with Crippen LogP contribution in [0, 0.1) is 0 Å². The van der Waals surface area contributed by atoms with Gasteiger partial charge in [-0.15, -0.1) is 0 Å². The van der Waals surface area contributed by atoms with Crippen molar-refractivity contribution in [2.45, 2.75) is 6.92 Å². The highest BCUT2D eigenvalue weighted by Gasteiger charge is 2.36. The van der Waals surface area contributed by atoms with Gasteiger partial charge in [0.2, 0.25) is 17.1 Å². The molecular weight excluding hydrogens is 605 g/mol. The third-order valence-corrected chi connectivity index (χ3v) is 9.36. The predicted octanol–water partition coefficient (Wildman–Crippen LogP) is 12.7. The van der Waals surface area contributed by atoms with E-state index < -0.39 is 0 Å². The van der Waals surface area contributed by atoms with Crippen LogP contribution < -0.4 is 9.48 Å². The molecule has 238 valence electrons. The van der Waals surface area contributed by atoms with Gasteiger partial charge in [-0.25, -0.2) is 0 Å². The minimum absolute atomic E-state index is 0.979. The molecule has 2 heteroatoms. The third kappa shape index (κ3) is 5.89. The molecule has 0 spiro atoms. The summed E-state index contributed by atoms with van der Waals surface area (Å²) < 4.78 is 2.35. The molecule has 2 aliphatic rings. The molecule has 0 unspecified atom stereocenters. The summed E-state index contributed by atoms with van der Waals surface area (Å²) in [6, 6.07) is 52.2. The largest absolute Gasteiger partial charge is 0.317 e. The lowest BCUT2D eigenvalue weighted by atomic mass is 9.91. The van der Waals surface area contributed by atoms with Crippen molar-refractivity contribution in [3.05, 3.63) is 212 Å². The van der Waals surface area contributed by atoms with Crippen LogP contribution >= 0.6 is 0 Å². The van der Waals surface area contributed by atoms with Crippen molar-refractivity contribution in [2.24, 2.45) is 0 Å². The fraction of sp³-hybridized carbons (Fsp3) is 0.0208. The number of fused-ring (bicyclic) bond motifs is 2. The van der Waals surface area contributed by atoms with Gasteiger partial charge in [-0.1, -0.05) is 128 Å². The Morgan fingerprint density at radius 2 is 1.18 bits per heavy atom. The first-order valence-corrected chi connectivity index (χ1v) is 17.1. The molecule has 0 amide bonds. The van der Waals surface area contributed by atoms with Crippen molar-refractivity contribution in [3.8, 4) is 33.4 Å². The van der Waals surface area contributed by atoms with Gasteiger partial charge in [0, 0.05) is 41.7 Å². The van der Waals surface area contributed by atoms with E-state index in [1.807, 2.05) is 6.92 Å². The van der Waals surface area contributed by atoms with Crippen molar-refractivity contribution in [1.82, 2.24) is 4.58 Å². The van der Waals surface area contributed by atoms with Crippen molar-refractivity contribution in [1.29, 1.82) is 0 Å². The van der Waals surface area contributed by atoms with Crippen LogP contribution in [-0.4, -0.2) is 5.71 Å². The van der Waals surface area contributed by atoms with Crippen molar-refractivity contribution < 1.29 is 0 Å². The summed E-state index contributed by atoms with van der Waals surface area (Å²) in [6.45, 7) is 6.51. The minimum atomic E-state index is 0.979. The molecule has 0 saturated carbocycles. The predicted molar refractivity (Wildman–Crippen MR) is 215 cm³/mol. The van der Waals surface area contributed by atoms with Gasteiger partial charge in [0.1, 0.15) is 5.56 Å². The normalized spacial score (nSPS) is 15.0. The number of hydrogen-bond donors (Lipinski definition) is 0. The second kappa shape index (κ2) is 13.5. The number of nitrogens with zero attached hydrogens (tertiary/aromatic N) is 2. The first-order chi connectivity index (χ1) is 24.7. The maximum absolute atomic E-state index is 4.47. The summed E-state index contributed by atoms with van der Waals surface area (Å²) in [7, 11) is 0. The Balaban J connectivity index is 1.15. The van der Waals surface area contributed by atoms with Crippen molar-refractivity contribution in [2.75, 3.05) is 4.90 Å². The molecule has 0 bridgehead atoms. The highest BCUT2D eigenvalue weighted by atomic mass is 15.1. The fourth-order valence-corrected chi connectivity index (χ4v) is 6.80. The SMILES string of the molecule is C=C1/C=C\C=C/N(c2ccc(-c3ccccc3)cc2)c2ccc(-c3ccc4c(c3)C(/C=C\C=C/C)=[N+]4c3cccc(-c4ccccc4)c3)cc21. The monoisotopic (exact) mass is 641 g/mol. The molecule has 2 heterocycles. The molecule has 0 saturated heterocycles. The second-order valence-corrected chi connectivity index (χ2v) is 12.5. The van der Waals surface area contributed by atoms with E-state index in [1.165, 1.54) is 44.8 Å². The van der Waals surface area contributed by atoms with Crippen LogP contribution in [0.2, 0.25) is 0 Å². The van der Waals surface area contributed by atoms with Gasteiger partial charge in [0.25, 0.3) is 0 Å². The van der Waals surface area contributed by atoms with Crippen molar-refractivity contribution in [3.63, 3.8) is 0 Å². The summed E-state index contributed by atoms with van der Waals surface area (Å²) in [5.41, 5.74) is 16.2. The van der Waals surface area contributed by atoms with Gasteiger partial charge >= 0.3 is 0 Å². The average molecular weight is 642 g/mol. The zero-order chi connectivity index (χ0) is 33.9. The van der Waals surface area contributed by atoms with Gasteiger partial charge in [-0.3, -0.25) is 0 Å². The highest BCUT2D eigenvalue weighted by molar-refractivity contribution is 6.21. The van der Waals surface area contributed by atoms with Crippen LogP contribution in [0.1, 0.15) is 18.1 Å². The van der Waals surface area contributed by atoms with Crippen LogP contribution in [0.4, 0.5) is 22.7 Å². The Bertz CT molecular complexity index is 2370. The number of rotatable bonds is 7. The molecule has 0 radical (unpaired) electrons. The number of allylic oxidation sites excluding steroid dienone is 8. The van der Waals surface area contributed by atoms with Crippen LogP contribution in [0.5, 0.6) is 0 Å². The zero-order valence-electron chi connectivity index (χ0n) is 28.1. The van der Waals surface area contributed by atoms with E-state index in [4.69, 9.17) is 0 Å². The molecule has 0 atom stereocenters. The molecular formula is C48H37N2+. The quantitative estimate of drug-likeness (QED) is 0.124. The molecule has 8 rings (SSSR count). The van der Waals surface area contributed by atoms with Gasteiger partial charge in [0.15, 0.2) is 0 Å². The molecule has 6 aromatic carbocycles. The van der Waals surface area contributed by atoms with Crippen LogP contribution in [0.15, 0.2) is 201 Å². The van der Waals surface area contributed by atoms with E-state index in [9.17, 15) is 0 Å². The van der Waals surface area contributed by atoms with Crippen LogP contribution in [0.3, 0.4) is 0 Å². The smallest absolute Gasteiger partial charge is 0.225 e. The van der Waals surface area contributed by atoms with E-state index >= 15 is 0 Å². The lowest BCUT2D eigenvalue weighted by Crippen LogP contribution is -2.27. The number of hydrogen-bond acceptors (Lipinski definition) is 1. The van der Waals surface area contributed by atoms with E-state index in [2.05, 4.69) is 210 Å². The fourth-order valence-electron chi connectivity index (χ4n) is 6.80. The Hall–Kier alpha value is -6.51. The highest BCUT2D eigenvalue weighted by Crippen LogP contribution is 2.41. The second-order valence-electron chi connectivity index (χ2n) is 12.5. The summed E-state index contributed by atoms with van der Waals surface area (Å²) >= 11 is 0. The van der Waals surface area contributed by atoms with Crippen LogP contribution in [-0.2, 0) is 0 Å². The third-order valence-electron chi connectivity index (χ3n) is 9.36. The standard InChI is InChI=1S/C48H37N2/c1-3-4-7-22-47-45-34-41(26-30-48(45)50(47)43-21-14-20-39(32-43)37-18-10-6-11-19-37)40-25-29-46-44(33-40)35(2)15-12-13-31-49(46)42-27-23-38(24-28-42)36-16-8-5-9-17-36/h3-34H,2H2,1H3/q+1/b4-3-,15-12-,22-7-,31-13-. The van der Waals surface area contributed by atoms with Crippen molar-refractivity contribution >= 4 is 34.0 Å². The Morgan fingerprint density at radius 3 is 1.92 bits per heavy atom. The molecule has 6 aromatic rings. The summed E-state index contributed by atoms with van der Waals surface area (Å²) in [5.74, 6) is 0. The zero-order valence-corrected chi connectivity index (χ0v) is 28.1. The van der Waals surface area contributed by atoms with E-state index in [-0.39, 0.29) is 0 Å². The lowest BCUT2D eigenvalue weighted by Gasteiger charge is -2.26. The molecule has 0 fully saturated rings. The minimum Gasteiger partial charge on any atom is -0.317 e. The average Bonchev–Trinajstić information content (AvgIpc) is 3.17. The molecule has 0 N–H and O–H groups in total. The maximum atomic E-state index is 4.47. The number of anilines is 2.